The van der Waals surface area contributed by atoms with Crippen molar-refractivity contribution in [2.75, 3.05) is 61.7 Å². The van der Waals surface area contributed by atoms with Crippen LogP contribution in [0.3, 0.4) is 0 Å². The summed E-state index contributed by atoms with van der Waals surface area (Å²) in [5, 5.41) is 0. The number of anilines is 4. The highest BCUT2D eigenvalue weighted by Gasteiger charge is 2.37. The minimum atomic E-state index is 0.461. The first-order valence-corrected chi connectivity index (χ1v) is 10.4. The lowest BCUT2D eigenvalue weighted by Crippen LogP contribution is -2.47. The van der Waals surface area contributed by atoms with Crippen LogP contribution in [-0.4, -0.2) is 40.4 Å². The number of ether oxygens (including phenoxy) is 2. The first kappa shape index (κ1) is 19.6. The molecule has 4 N–H and O–H groups in total. The fourth-order valence-corrected chi connectivity index (χ4v) is 4.77. The van der Waals surface area contributed by atoms with Gasteiger partial charge in [0.15, 0.2) is 0 Å². The molecule has 0 atom stereocenters. The summed E-state index contributed by atoms with van der Waals surface area (Å²) in [4.78, 5) is 4.93. The maximum atomic E-state index is 5.97. The van der Waals surface area contributed by atoms with Crippen LogP contribution in [0.15, 0.2) is 36.4 Å². The minimum Gasteiger partial charge on any atom is -0.495 e. The van der Waals surface area contributed by atoms with Gasteiger partial charge >= 0.3 is 0 Å². The van der Waals surface area contributed by atoms with Gasteiger partial charge in [-0.15, -0.1) is 0 Å². The molecule has 2 saturated heterocycles. The molecule has 0 amide bonds. The number of benzene rings is 2. The molecule has 2 fully saturated rings. The monoisotopic (exact) mass is 396 g/mol. The maximum Gasteiger partial charge on any atom is 0.143 e. The lowest BCUT2D eigenvalue weighted by molar-refractivity contribution is 0.167. The Labute approximate surface area is 173 Å². The molecule has 0 aliphatic carbocycles. The van der Waals surface area contributed by atoms with Gasteiger partial charge in [0.1, 0.15) is 11.5 Å². The summed E-state index contributed by atoms with van der Waals surface area (Å²) in [6.07, 6.45) is 4.94. The van der Waals surface area contributed by atoms with E-state index in [1.54, 1.807) is 14.2 Å². The summed E-state index contributed by atoms with van der Waals surface area (Å²) in [6, 6.07) is 12.2. The zero-order chi connectivity index (χ0) is 20.4. The Bertz CT molecular complexity index is 779. The molecule has 0 aromatic heterocycles. The van der Waals surface area contributed by atoms with Crippen molar-refractivity contribution < 1.29 is 9.47 Å². The number of methoxy groups -OCH3 is 2. The summed E-state index contributed by atoms with van der Waals surface area (Å²) in [5.41, 5.74) is 16.2. The van der Waals surface area contributed by atoms with Crippen LogP contribution in [0.2, 0.25) is 0 Å². The van der Waals surface area contributed by atoms with E-state index in [0.717, 1.165) is 37.7 Å². The second-order valence-corrected chi connectivity index (χ2v) is 8.33. The van der Waals surface area contributed by atoms with E-state index < -0.39 is 0 Å². The molecule has 0 unspecified atom stereocenters. The summed E-state index contributed by atoms with van der Waals surface area (Å²) in [5.74, 6) is 1.52. The molecule has 156 valence electrons. The number of piperidine rings is 2. The predicted octanol–water partition coefficient (Wildman–Crippen LogP) is 3.76. The zero-order valence-electron chi connectivity index (χ0n) is 17.5. The van der Waals surface area contributed by atoms with Crippen molar-refractivity contribution in [3.05, 3.63) is 36.4 Å². The van der Waals surface area contributed by atoms with Gasteiger partial charge in [-0.25, -0.2) is 0 Å². The molecule has 2 aliphatic heterocycles. The van der Waals surface area contributed by atoms with Gasteiger partial charge in [0.2, 0.25) is 0 Å². The standard InChI is InChI=1S/C23H32N4O2/c1-28-21-15-17(3-5-19(21)24)26-11-7-23(8-12-26)9-13-27(14-10-23)18-4-6-20(25)22(16-18)29-2/h3-6,15-16H,7-14,24-25H2,1-2H3. The molecule has 1 spiro atoms. The van der Waals surface area contributed by atoms with Gasteiger partial charge in [0, 0.05) is 49.7 Å². The number of rotatable bonds is 4. The molecule has 0 saturated carbocycles. The summed E-state index contributed by atoms with van der Waals surface area (Å²) in [6.45, 7) is 4.34. The zero-order valence-corrected chi connectivity index (χ0v) is 17.5. The van der Waals surface area contributed by atoms with Crippen molar-refractivity contribution in [3.8, 4) is 11.5 Å². The van der Waals surface area contributed by atoms with Crippen molar-refractivity contribution in [3.63, 3.8) is 0 Å². The third-order valence-electron chi connectivity index (χ3n) is 6.81. The van der Waals surface area contributed by atoms with E-state index in [-0.39, 0.29) is 0 Å². The van der Waals surface area contributed by atoms with Crippen molar-refractivity contribution in [2.45, 2.75) is 25.7 Å². The Balaban J connectivity index is 1.37. The normalized spacial score (nSPS) is 18.7. The third kappa shape index (κ3) is 3.88. The maximum absolute atomic E-state index is 5.97. The van der Waals surface area contributed by atoms with Gasteiger partial charge in [-0.1, -0.05) is 0 Å². The SMILES string of the molecule is COc1cc(N2CCC3(CC2)CCN(c2ccc(N)c(OC)c2)CC3)ccc1N. The lowest BCUT2D eigenvalue weighted by Gasteiger charge is -2.48. The van der Waals surface area contributed by atoms with Crippen LogP contribution in [0, 0.1) is 5.41 Å². The average Bonchev–Trinajstić information content (AvgIpc) is 2.76. The highest BCUT2D eigenvalue weighted by Crippen LogP contribution is 2.44. The highest BCUT2D eigenvalue weighted by atomic mass is 16.5. The van der Waals surface area contributed by atoms with Gasteiger partial charge in [-0.05, 0) is 55.4 Å². The van der Waals surface area contributed by atoms with Gasteiger partial charge in [-0.2, -0.15) is 0 Å². The molecule has 6 nitrogen and oxygen atoms in total. The van der Waals surface area contributed by atoms with Crippen LogP contribution in [-0.2, 0) is 0 Å². The van der Waals surface area contributed by atoms with Crippen molar-refractivity contribution >= 4 is 22.7 Å². The van der Waals surface area contributed by atoms with Crippen molar-refractivity contribution in [1.29, 1.82) is 0 Å². The van der Waals surface area contributed by atoms with Crippen molar-refractivity contribution in [2.24, 2.45) is 5.41 Å². The topological polar surface area (TPSA) is 77.0 Å². The molecule has 0 bridgehead atoms. The Morgan fingerprint density at radius 1 is 0.690 bits per heavy atom. The van der Waals surface area contributed by atoms with E-state index in [4.69, 9.17) is 20.9 Å². The summed E-state index contributed by atoms with van der Waals surface area (Å²) >= 11 is 0. The Kier molecular flexibility index (Phi) is 5.35. The van der Waals surface area contributed by atoms with Gasteiger partial charge in [0.05, 0.1) is 25.6 Å². The van der Waals surface area contributed by atoms with Crippen LogP contribution in [0.5, 0.6) is 11.5 Å². The van der Waals surface area contributed by atoms with Crippen LogP contribution in [0.25, 0.3) is 0 Å². The number of hydrogen-bond acceptors (Lipinski definition) is 6. The molecular weight excluding hydrogens is 364 g/mol. The van der Waals surface area contributed by atoms with Gasteiger partial charge in [-0.3, -0.25) is 0 Å². The fourth-order valence-electron chi connectivity index (χ4n) is 4.77. The molecule has 6 heteroatoms. The number of nitrogens with two attached hydrogens (primary N) is 2. The fraction of sp³-hybridized carbons (Fsp3) is 0.478. The lowest BCUT2D eigenvalue weighted by atomic mass is 9.71. The van der Waals surface area contributed by atoms with E-state index in [1.807, 2.05) is 12.1 Å². The molecular formula is C23H32N4O2. The van der Waals surface area contributed by atoms with E-state index in [0.29, 0.717) is 16.8 Å². The van der Waals surface area contributed by atoms with E-state index in [1.165, 1.54) is 37.1 Å². The van der Waals surface area contributed by atoms with E-state index in [9.17, 15) is 0 Å². The summed E-state index contributed by atoms with van der Waals surface area (Å²) in [7, 11) is 3.34. The summed E-state index contributed by atoms with van der Waals surface area (Å²) < 4.78 is 10.8. The number of nitrogens with zero attached hydrogens (tertiary/aromatic N) is 2. The Hall–Kier alpha value is -2.76. The highest BCUT2D eigenvalue weighted by molar-refractivity contribution is 5.63. The Morgan fingerprint density at radius 2 is 1.07 bits per heavy atom. The quantitative estimate of drug-likeness (QED) is 0.767. The molecule has 0 radical (unpaired) electrons. The first-order valence-electron chi connectivity index (χ1n) is 10.4. The number of hydrogen-bond donors (Lipinski definition) is 2. The largest absolute Gasteiger partial charge is 0.495 e. The second-order valence-electron chi connectivity index (χ2n) is 8.33. The predicted molar refractivity (Wildman–Crippen MR) is 120 cm³/mol. The molecule has 2 aliphatic rings. The molecule has 2 aromatic carbocycles. The van der Waals surface area contributed by atoms with Crippen LogP contribution in [0.1, 0.15) is 25.7 Å². The minimum absolute atomic E-state index is 0.461. The van der Waals surface area contributed by atoms with Crippen LogP contribution < -0.4 is 30.7 Å². The molecule has 4 rings (SSSR count). The number of nitrogen functional groups attached to an aromatic ring is 2. The first-order chi connectivity index (χ1) is 14.0. The van der Waals surface area contributed by atoms with Crippen LogP contribution in [0.4, 0.5) is 22.7 Å². The van der Waals surface area contributed by atoms with Gasteiger partial charge in [0.25, 0.3) is 0 Å². The van der Waals surface area contributed by atoms with Crippen molar-refractivity contribution in [1.82, 2.24) is 0 Å². The van der Waals surface area contributed by atoms with Crippen LogP contribution >= 0.6 is 0 Å². The molecule has 2 aromatic rings. The van der Waals surface area contributed by atoms with E-state index >= 15 is 0 Å². The van der Waals surface area contributed by atoms with E-state index in [2.05, 4.69) is 34.1 Å². The second kappa shape index (κ2) is 7.93. The molecule has 29 heavy (non-hydrogen) atoms. The third-order valence-corrected chi connectivity index (χ3v) is 6.81. The van der Waals surface area contributed by atoms with Gasteiger partial charge < -0.3 is 30.7 Å². The Morgan fingerprint density at radius 3 is 1.41 bits per heavy atom. The smallest absolute Gasteiger partial charge is 0.143 e. The average molecular weight is 397 g/mol. The molecule has 2 heterocycles.